The molecule has 4 nitrogen and oxygen atoms in total. The van der Waals surface area contributed by atoms with E-state index in [1.165, 1.54) is 0 Å². The van der Waals surface area contributed by atoms with Crippen LogP contribution in [0.25, 0.3) is 0 Å². The van der Waals surface area contributed by atoms with Crippen LogP contribution in [0.1, 0.15) is 12.8 Å². The van der Waals surface area contributed by atoms with Crippen molar-refractivity contribution in [3.8, 4) is 5.88 Å². The third-order valence-electron chi connectivity index (χ3n) is 3.62. The number of aliphatic hydroxyl groups is 1. The van der Waals surface area contributed by atoms with Gasteiger partial charge in [-0.15, -0.1) is 0 Å². The minimum Gasteiger partial charge on any atom is -0.477 e. The summed E-state index contributed by atoms with van der Waals surface area (Å²) in [6, 6.07) is 5.41. The number of piperidine rings is 1. The summed E-state index contributed by atoms with van der Waals surface area (Å²) in [7, 11) is 0. The van der Waals surface area contributed by atoms with E-state index in [9.17, 15) is 13.2 Å². The first kappa shape index (κ1) is 16.0. The number of likely N-dealkylation sites (tertiary alicyclic amines) is 1. The van der Waals surface area contributed by atoms with Crippen LogP contribution in [0.4, 0.5) is 13.2 Å². The van der Waals surface area contributed by atoms with E-state index in [2.05, 4.69) is 4.98 Å². The molecule has 7 heteroatoms. The number of alkyl halides is 3. The second kappa shape index (κ2) is 7.09. The summed E-state index contributed by atoms with van der Waals surface area (Å²) in [6.07, 6.45) is -3.64. The molecule has 0 amide bonds. The number of β-amino-alcohol motifs (C(OH)–C–C–N with tert-alkyl or cyclic N) is 1. The van der Waals surface area contributed by atoms with Crippen LogP contribution >= 0.6 is 0 Å². The first-order valence-electron chi connectivity index (χ1n) is 6.96. The Morgan fingerprint density at radius 2 is 2.05 bits per heavy atom. The third-order valence-corrected chi connectivity index (χ3v) is 3.62. The molecule has 1 saturated heterocycles. The molecule has 1 aliphatic rings. The number of hydrogen-bond donors (Lipinski definition) is 1. The zero-order valence-corrected chi connectivity index (χ0v) is 11.6. The van der Waals surface area contributed by atoms with E-state index in [0.717, 1.165) is 12.8 Å². The molecule has 1 fully saturated rings. The van der Waals surface area contributed by atoms with E-state index in [1.54, 1.807) is 23.2 Å². The fourth-order valence-electron chi connectivity index (χ4n) is 2.32. The molecule has 0 spiro atoms. The van der Waals surface area contributed by atoms with Gasteiger partial charge in [0.05, 0.1) is 6.61 Å². The number of rotatable bonds is 5. The molecule has 1 atom stereocenters. The van der Waals surface area contributed by atoms with Crippen molar-refractivity contribution >= 4 is 0 Å². The van der Waals surface area contributed by atoms with Gasteiger partial charge in [-0.3, -0.25) is 0 Å². The van der Waals surface area contributed by atoms with E-state index >= 15 is 0 Å². The lowest BCUT2D eigenvalue weighted by Crippen LogP contribution is -2.44. The van der Waals surface area contributed by atoms with Gasteiger partial charge in [0, 0.05) is 18.8 Å². The van der Waals surface area contributed by atoms with E-state index in [4.69, 9.17) is 9.84 Å². The van der Waals surface area contributed by atoms with E-state index in [0.29, 0.717) is 31.5 Å². The van der Waals surface area contributed by atoms with Gasteiger partial charge in [0.2, 0.25) is 5.88 Å². The Kier molecular flexibility index (Phi) is 5.41. The highest BCUT2D eigenvalue weighted by atomic mass is 19.4. The minimum atomic E-state index is -4.54. The molecule has 2 rings (SSSR count). The second-order valence-corrected chi connectivity index (χ2v) is 5.28. The molecule has 1 aliphatic heterocycles. The van der Waals surface area contributed by atoms with Gasteiger partial charge in [-0.1, -0.05) is 6.07 Å². The van der Waals surface area contributed by atoms with E-state index in [-0.39, 0.29) is 6.54 Å². The second-order valence-electron chi connectivity index (χ2n) is 5.28. The van der Waals surface area contributed by atoms with Gasteiger partial charge in [-0.05, 0) is 37.9 Å². The van der Waals surface area contributed by atoms with Crippen LogP contribution in [-0.4, -0.2) is 53.5 Å². The largest absolute Gasteiger partial charge is 0.477 e. The van der Waals surface area contributed by atoms with Gasteiger partial charge in [0.15, 0.2) is 6.10 Å². The van der Waals surface area contributed by atoms with Crippen LogP contribution in [0.3, 0.4) is 0 Å². The summed E-state index contributed by atoms with van der Waals surface area (Å²) in [5.41, 5.74) is 0. The smallest absolute Gasteiger partial charge is 0.415 e. The van der Waals surface area contributed by atoms with Gasteiger partial charge < -0.3 is 14.7 Å². The summed E-state index contributed by atoms with van der Waals surface area (Å²) in [5, 5.41) is 9.06. The molecular formula is C14H19F3N2O2. The minimum absolute atomic E-state index is 0.311. The molecule has 0 saturated carbocycles. The predicted molar refractivity (Wildman–Crippen MR) is 71.0 cm³/mol. The lowest BCUT2D eigenvalue weighted by molar-refractivity contribution is -0.208. The Bertz CT molecular complexity index is 420. The van der Waals surface area contributed by atoms with Crippen molar-refractivity contribution in [3.63, 3.8) is 0 Å². The third kappa shape index (κ3) is 5.17. The van der Waals surface area contributed by atoms with Crippen molar-refractivity contribution in [2.75, 3.05) is 26.2 Å². The standard InChI is InChI=1S/C14H19F3N2O2/c15-14(16,17)12(20)9-19-7-4-11(5-8-19)10-21-13-3-1-2-6-18-13/h1-3,6,11-12,20H,4-5,7-10H2/t12-/m1/s1. The molecule has 0 bridgehead atoms. The maximum Gasteiger partial charge on any atom is 0.415 e. The Morgan fingerprint density at radius 3 is 2.62 bits per heavy atom. The highest BCUT2D eigenvalue weighted by Crippen LogP contribution is 2.23. The Balaban J connectivity index is 1.69. The normalized spacial score (nSPS) is 19.4. The summed E-state index contributed by atoms with van der Waals surface area (Å²) in [5.74, 6) is 0.874. The average molecular weight is 304 g/mol. The summed E-state index contributed by atoms with van der Waals surface area (Å²) in [4.78, 5) is 5.70. The topological polar surface area (TPSA) is 45.6 Å². The van der Waals surface area contributed by atoms with Crippen molar-refractivity contribution < 1.29 is 23.0 Å². The van der Waals surface area contributed by atoms with Crippen LogP contribution < -0.4 is 4.74 Å². The maximum atomic E-state index is 12.3. The van der Waals surface area contributed by atoms with Crippen LogP contribution in [0.15, 0.2) is 24.4 Å². The lowest BCUT2D eigenvalue weighted by Gasteiger charge is -2.33. The van der Waals surface area contributed by atoms with E-state index < -0.39 is 12.3 Å². The van der Waals surface area contributed by atoms with Crippen molar-refractivity contribution in [1.29, 1.82) is 0 Å². The highest BCUT2D eigenvalue weighted by molar-refractivity contribution is 5.09. The molecular weight excluding hydrogens is 285 g/mol. The molecule has 2 heterocycles. The molecule has 0 aliphatic carbocycles. The van der Waals surface area contributed by atoms with Crippen molar-refractivity contribution in [2.24, 2.45) is 5.92 Å². The van der Waals surface area contributed by atoms with Crippen LogP contribution in [0.2, 0.25) is 0 Å². The number of pyridine rings is 1. The lowest BCUT2D eigenvalue weighted by atomic mass is 9.97. The fourth-order valence-corrected chi connectivity index (χ4v) is 2.32. The monoisotopic (exact) mass is 304 g/mol. The van der Waals surface area contributed by atoms with Gasteiger partial charge in [0.1, 0.15) is 0 Å². The number of nitrogens with zero attached hydrogens (tertiary/aromatic N) is 2. The number of aromatic nitrogens is 1. The quantitative estimate of drug-likeness (QED) is 0.905. The molecule has 1 aromatic heterocycles. The Morgan fingerprint density at radius 1 is 1.33 bits per heavy atom. The van der Waals surface area contributed by atoms with Crippen molar-refractivity contribution in [1.82, 2.24) is 9.88 Å². The molecule has 21 heavy (non-hydrogen) atoms. The Labute approximate surface area is 121 Å². The summed E-state index contributed by atoms with van der Waals surface area (Å²) >= 11 is 0. The summed E-state index contributed by atoms with van der Waals surface area (Å²) < 4.78 is 42.4. The van der Waals surface area contributed by atoms with Gasteiger partial charge in [-0.25, -0.2) is 4.98 Å². The molecule has 1 N–H and O–H groups in total. The summed E-state index contributed by atoms with van der Waals surface area (Å²) in [6.45, 7) is 1.26. The maximum absolute atomic E-state index is 12.3. The molecule has 0 aromatic carbocycles. The molecule has 0 unspecified atom stereocenters. The zero-order valence-electron chi connectivity index (χ0n) is 11.6. The average Bonchev–Trinajstić information content (AvgIpc) is 2.46. The van der Waals surface area contributed by atoms with Gasteiger partial charge in [-0.2, -0.15) is 13.2 Å². The SMILES string of the molecule is O[C@H](CN1CCC(COc2ccccn2)CC1)C(F)(F)F. The first-order chi connectivity index (χ1) is 9.95. The van der Waals surface area contributed by atoms with E-state index in [1.807, 2.05) is 6.07 Å². The number of halogens is 3. The van der Waals surface area contributed by atoms with Crippen molar-refractivity contribution in [2.45, 2.75) is 25.1 Å². The number of hydrogen-bond acceptors (Lipinski definition) is 4. The zero-order chi connectivity index (χ0) is 15.3. The fraction of sp³-hybridized carbons (Fsp3) is 0.643. The van der Waals surface area contributed by atoms with Crippen molar-refractivity contribution in [3.05, 3.63) is 24.4 Å². The highest BCUT2D eigenvalue weighted by Gasteiger charge is 2.39. The number of aliphatic hydroxyl groups excluding tert-OH is 1. The molecule has 1 aromatic rings. The predicted octanol–water partition coefficient (Wildman–Crippen LogP) is 2.10. The van der Waals surface area contributed by atoms with Crippen LogP contribution in [0.5, 0.6) is 5.88 Å². The van der Waals surface area contributed by atoms with Gasteiger partial charge in [0.25, 0.3) is 0 Å². The van der Waals surface area contributed by atoms with Gasteiger partial charge >= 0.3 is 6.18 Å². The Hall–Kier alpha value is -1.34. The number of ether oxygens (including phenoxy) is 1. The molecule has 0 radical (unpaired) electrons. The first-order valence-corrected chi connectivity index (χ1v) is 6.96. The van der Waals surface area contributed by atoms with Crippen LogP contribution in [0, 0.1) is 5.92 Å². The molecule has 118 valence electrons. The van der Waals surface area contributed by atoms with Crippen LogP contribution in [-0.2, 0) is 0 Å².